The van der Waals surface area contributed by atoms with Gasteiger partial charge >= 0.3 is 6.09 Å². The summed E-state index contributed by atoms with van der Waals surface area (Å²) in [6.45, 7) is -0.973. The third kappa shape index (κ3) is 5.49. The molecule has 0 aliphatic heterocycles. The van der Waals surface area contributed by atoms with Crippen LogP contribution in [0.4, 0.5) is 23.7 Å². The van der Waals surface area contributed by atoms with Crippen molar-refractivity contribution in [1.82, 2.24) is 4.90 Å². The van der Waals surface area contributed by atoms with Gasteiger partial charge < -0.3 is 10.1 Å². The first kappa shape index (κ1) is 23.6. The SMILES string of the molecule is O=C(CN(Cc1cccc(F)c1F)C(=O)Oc1cc2ccccc2s1)Nc1ccc(F)c(Cl)c1. The van der Waals surface area contributed by atoms with Crippen molar-refractivity contribution in [2.75, 3.05) is 11.9 Å². The number of carbonyl (C=O) groups is 2. The normalized spacial score (nSPS) is 10.8. The largest absolute Gasteiger partial charge is 0.416 e. The molecule has 5 nitrogen and oxygen atoms in total. The predicted octanol–water partition coefficient (Wildman–Crippen LogP) is 6.61. The van der Waals surface area contributed by atoms with Gasteiger partial charge in [-0.3, -0.25) is 9.69 Å². The quantitative estimate of drug-likeness (QED) is 0.321. The molecule has 1 N–H and O–H groups in total. The number of halogens is 4. The van der Waals surface area contributed by atoms with Gasteiger partial charge in [0.2, 0.25) is 5.91 Å². The Bertz CT molecular complexity index is 1350. The van der Waals surface area contributed by atoms with Gasteiger partial charge in [-0.15, -0.1) is 0 Å². The number of nitrogens with one attached hydrogen (secondary N) is 1. The zero-order valence-corrected chi connectivity index (χ0v) is 18.9. The van der Waals surface area contributed by atoms with E-state index in [4.69, 9.17) is 16.3 Å². The van der Waals surface area contributed by atoms with Crippen LogP contribution in [0.5, 0.6) is 5.06 Å². The number of carbonyl (C=O) groups excluding carboxylic acids is 2. The Kier molecular flexibility index (Phi) is 7.04. The molecule has 174 valence electrons. The van der Waals surface area contributed by atoms with E-state index in [0.717, 1.165) is 27.1 Å². The summed E-state index contributed by atoms with van der Waals surface area (Å²) in [5.41, 5.74) is 0.0667. The molecule has 4 rings (SSSR count). The zero-order valence-electron chi connectivity index (χ0n) is 17.4. The third-order valence-corrected chi connectivity index (χ3v) is 6.06. The average Bonchev–Trinajstić information content (AvgIpc) is 3.21. The maximum absolute atomic E-state index is 14.3. The lowest BCUT2D eigenvalue weighted by molar-refractivity contribution is -0.117. The van der Waals surface area contributed by atoms with Crippen LogP contribution in [0.15, 0.2) is 66.7 Å². The lowest BCUT2D eigenvalue weighted by atomic mass is 10.2. The molecule has 1 heterocycles. The average molecular weight is 505 g/mol. The number of hydrogen-bond donors (Lipinski definition) is 1. The van der Waals surface area contributed by atoms with Crippen LogP contribution in [-0.4, -0.2) is 23.4 Å². The molecule has 0 bridgehead atoms. The van der Waals surface area contributed by atoms with Crippen LogP contribution in [0.1, 0.15) is 5.56 Å². The Balaban J connectivity index is 1.54. The number of benzene rings is 3. The fraction of sp³-hybridized carbons (Fsp3) is 0.0833. The summed E-state index contributed by atoms with van der Waals surface area (Å²) >= 11 is 6.95. The Hall–Kier alpha value is -3.56. The van der Waals surface area contributed by atoms with E-state index in [9.17, 15) is 22.8 Å². The second-order valence-corrected chi connectivity index (χ2v) is 8.67. The minimum Gasteiger partial charge on any atom is -0.399 e. The van der Waals surface area contributed by atoms with Crippen molar-refractivity contribution in [3.8, 4) is 5.06 Å². The molecule has 1 aromatic heterocycles. The standard InChI is InChI=1S/C24H16ClF3N2O3S/c25-17-11-16(8-9-18(17)26)29-21(31)13-30(12-15-5-3-6-19(27)23(15)28)24(32)33-22-10-14-4-1-2-7-20(14)34-22/h1-11H,12-13H2,(H,29,31). The van der Waals surface area contributed by atoms with Gasteiger partial charge in [0.25, 0.3) is 0 Å². The van der Waals surface area contributed by atoms with Crippen molar-refractivity contribution >= 4 is 50.7 Å². The summed E-state index contributed by atoms with van der Waals surface area (Å²) in [7, 11) is 0. The number of hydrogen-bond acceptors (Lipinski definition) is 4. The molecule has 3 aromatic carbocycles. The van der Waals surface area contributed by atoms with Crippen molar-refractivity contribution in [2.45, 2.75) is 6.54 Å². The molecule has 0 aliphatic rings. The molecule has 0 fully saturated rings. The van der Waals surface area contributed by atoms with Crippen molar-refractivity contribution in [1.29, 1.82) is 0 Å². The van der Waals surface area contributed by atoms with Gasteiger partial charge in [0.1, 0.15) is 12.4 Å². The fourth-order valence-electron chi connectivity index (χ4n) is 3.17. The zero-order chi connectivity index (χ0) is 24.2. The molecule has 2 amide bonds. The minimum atomic E-state index is -1.13. The van der Waals surface area contributed by atoms with Gasteiger partial charge in [-0.2, -0.15) is 0 Å². The fourth-order valence-corrected chi connectivity index (χ4v) is 4.25. The molecule has 4 aromatic rings. The molecular weight excluding hydrogens is 489 g/mol. The molecule has 0 saturated carbocycles. The number of ether oxygens (including phenoxy) is 1. The van der Waals surface area contributed by atoms with E-state index in [-0.39, 0.29) is 21.3 Å². The third-order valence-electron chi connectivity index (χ3n) is 4.78. The predicted molar refractivity (Wildman–Crippen MR) is 125 cm³/mol. The van der Waals surface area contributed by atoms with E-state index < -0.39 is 42.5 Å². The van der Waals surface area contributed by atoms with E-state index in [1.165, 1.54) is 35.6 Å². The number of anilines is 1. The first-order valence-electron chi connectivity index (χ1n) is 9.93. The second-order valence-electron chi connectivity index (χ2n) is 7.22. The van der Waals surface area contributed by atoms with Crippen LogP contribution in [-0.2, 0) is 11.3 Å². The van der Waals surface area contributed by atoms with Gasteiger partial charge in [0.05, 0.1) is 11.6 Å². The van der Waals surface area contributed by atoms with Gasteiger partial charge in [-0.05, 0) is 35.7 Å². The molecule has 34 heavy (non-hydrogen) atoms. The first-order chi connectivity index (χ1) is 16.3. The summed E-state index contributed by atoms with van der Waals surface area (Å²) in [5.74, 6) is -3.55. The van der Waals surface area contributed by atoms with Gasteiger partial charge in [-0.1, -0.05) is 53.3 Å². The van der Waals surface area contributed by atoms with Gasteiger partial charge in [0, 0.05) is 22.0 Å². The van der Waals surface area contributed by atoms with E-state index in [0.29, 0.717) is 0 Å². The van der Waals surface area contributed by atoms with E-state index in [2.05, 4.69) is 5.32 Å². The highest BCUT2D eigenvalue weighted by molar-refractivity contribution is 7.20. The van der Waals surface area contributed by atoms with E-state index in [1.807, 2.05) is 24.3 Å². The van der Waals surface area contributed by atoms with Crippen LogP contribution in [0.25, 0.3) is 10.1 Å². The molecule has 0 saturated heterocycles. The summed E-state index contributed by atoms with van der Waals surface area (Å²) in [6.07, 6.45) is -0.928. The topological polar surface area (TPSA) is 58.6 Å². The second kappa shape index (κ2) is 10.1. The number of amides is 2. The van der Waals surface area contributed by atoms with E-state index >= 15 is 0 Å². The summed E-state index contributed by atoms with van der Waals surface area (Å²) < 4.78 is 47.6. The lowest BCUT2D eigenvalue weighted by Crippen LogP contribution is -2.39. The van der Waals surface area contributed by atoms with Crippen molar-refractivity contribution < 1.29 is 27.5 Å². The highest BCUT2D eigenvalue weighted by atomic mass is 35.5. The minimum absolute atomic E-state index is 0.133. The molecule has 0 unspecified atom stereocenters. The molecule has 0 spiro atoms. The first-order valence-corrected chi connectivity index (χ1v) is 11.1. The highest BCUT2D eigenvalue weighted by Crippen LogP contribution is 2.32. The smallest absolute Gasteiger partial charge is 0.399 e. The molecule has 0 atom stereocenters. The van der Waals surface area contributed by atoms with Crippen LogP contribution in [0.2, 0.25) is 5.02 Å². The Morgan fingerprint density at radius 3 is 2.53 bits per heavy atom. The van der Waals surface area contributed by atoms with Crippen LogP contribution < -0.4 is 10.1 Å². The van der Waals surface area contributed by atoms with Gasteiger partial charge in [0.15, 0.2) is 16.7 Å². The maximum atomic E-state index is 14.3. The molecule has 0 radical (unpaired) electrons. The number of nitrogens with zero attached hydrogens (tertiary/aromatic N) is 1. The van der Waals surface area contributed by atoms with Crippen molar-refractivity contribution in [3.05, 3.63) is 94.8 Å². The molecule has 0 aliphatic carbocycles. The van der Waals surface area contributed by atoms with Crippen molar-refractivity contribution in [3.63, 3.8) is 0 Å². The summed E-state index contributed by atoms with van der Waals surface area (Å²) in [5, 5.41) is 3.44. The Morgan fingerprint density at radius 2 is 1.76 bits per heavy atom. The number of thiophene rings is 1. The summed E-state index contributed by atoms with van der Waals surface area (Å²) in [6, 6.07) is 16.2. The van der Waals surface area contributed by atoms with Crippen LogP contribution >= 0.6 is 22.9 Å². The van der Waals surface area contributed by atoms with Crippen molar-refractivity contribution in [2.24, 2.45) is 0 Å². The van der Waals surface area contributed by atoms with Crippen LogP contribution in [0.3, 0.4) is 0 Å². The summed E-state index contributed by atoms with van der Waals surface area (Å²) in [4.78, 5) is 26.4. The Morgan fingerprint density at radius 1 is 0.971 bits per heavy atom. The van der Waals surface area contributed by atoms with E-state index in [1.54, 1.807) is 6.07 Å². The molecular formula is C24H16ClF3N2O3S. The Labute approximate surface area is 201 Å². The highest BCUT2D eigenvalue weighted by Gasteiger charge is 2.23. The monoisotopic (exact) mass is 504 g/mol. The van der Waals surface area contributed by atoms with Gasteiger partial charge in [-0.25, -0.2) is 18.0 Å². The van der Waals surface area contributed by atoms with Crippen LogP contribution in [0, 0.1) is 17.5 Å². The molecule has 10 heteroatoms. The number of fused-ring (bicyclic) bond motifs is 1. The maximum Gasteiger partial charge on any atom is 0.416 e. The number of rotatable bonds is 6. The lowest BCUT2D eigenvalue weighted by Gasteiger charge is -2.21.